The molecule has 3 heteroatoms. The van der Waals surface area contributed by atoms with Gasteiger partial charge in [-0.25, -0.2) is 0 Å². The molecule has 0 bridgehead atoms. The van der Waals surface area contributed by atoms with E-state index in [-0.39, 0.29) is 12.5 Å². The molecule has 1 heterocycles. The first-order valence-electron chi connectivity index (χ1n) is 4.82. The molecule has 0 fully saturated rings. The van der Waals surface area contributed by atoms with Crippen LogP contribution in [0, 0.1) is 12.3 Å². The largest absolute Gasteiger partial charge is 0.341 e. The molecule has 1 amide bonds. The minimum Gasteiger partial charge on any atom is -0.341 e. The van der Waals surface area contributed by atoms with Crippen molar-refractivity contribution in [3.05, 3.63) is 29.6 Å². The highest BCUT2D eigenvalue weighted by atomic mass is 16.1. The summed E-state index contributed by atoms with van der Waals surface area (Å²) in [6, 6.07) is 3.61. The molecule has 0 atom stereocenters. The van der Waals surface area contributed by atoms with Crippen molar-refractivity contribution in [1.29, 1.82) is 0 Å². The first kappa shape index (κ1) is 11.3. The predicted molar refractivity (Wildman–Crippen MR) is 59.5 cm³/mol. The highest BCUT2D eigenvalue weighted by Crippen LogP contribution is 2.10. The lowest BCUT2D eigenvalue weighted by molar-refractivity contribution is 0.0958. The second kappa shape index (κ2) is 5.16. The van der Waals surface area contributed by atoms with Gasteiger partial charge in [0.25, 0.3) is 5.91 Å². The number of carbonyl (C=O) groups is 1. The number of carbonyl (C=O) groups excluding carboxylic acids is 1. The number of nitrogens with one attached hydrogen (secondary N) is 1. The summed E-state index contributed by atoms with van der Waals surface area (Å²) < 4.78 is 0. The first-order chi connectivity index (χ1) is 7.15. The van der Waals surface area contributed by atoms with Crippen LogP contribution in [-0.2, 0) is 0 Å². The molecule has 0 aliphatic rings. The number of amides is 1. The van der Waals surface area contributed by atoms with E-state index in [9.17, 15) is 4.79 Å². The molecule has 1 rings (SSSR count). The summed E-state index contributed by atoms with van der Waals surface area (Å²) >= 11 is 0. The van der Waals surface area contributed by atoms with Crippen LogP contribution in [0.5, 0.6) is 0 Å². The van der Waals surface area contributed by atoms with Gasteiger partial charge in [0, 0.05) is 11.9 Å². The normalized spacial score (nSPS) is 9.73. The zero-order valence-electron chi connectivity index (χ0n) is 8.95. The fourth-order valence-electron chi connectivity index (χ4n) is 1.11. The number of rotatable bonds is 3. The molecule has 0 spiro atoms. The van der Waals surface area contributed by atoms with Gasteiger partial charge in [-0.2, -0.15) is 0 Å². The standard InChI is InChI=1S/C12H14N2O/c1-4-7-13-12(15)10-5-6-11(9(2)3)14-8-10/h1,5-6,8-9H,7H2,2-3H3,(H,13,15). The van der Waals surface area contributed by atoms with E-state index in [1.165, 1.54) is 0 Å². The average molecular weight is 202 g/mol. The van der Waals surface area contributed by atoms with E-state index in [0.717, 1.165) is 5.69 Å². The molecular formula is C12H14N2O. The molecule has 1 N–H and O–H groups in total. The zero-order chi connectivity index (χ0) is 11.3. The molecule has 0 unspecified atom stereocenters. The summed E-state index contributed by atoms with van der Waals surface area (Å²) in [4.78, 5) is 15.6. The molecular weight excluding hydrogens is 188 g/mol. The fraction of sp³-hybridized carbons (Fsp3) is 0.333. The maximum Gasteiger partial charge on any atom is 0.253 e. The summed E-state index contributed by atoms with van der Waals surface area (Å²) in [6.45, 7) is 4.35. The van der Waals surface area contributed by atoms with Crippen molar-refractivity contribution < 1.29 is 4.79 Å². The molecule has 1 aromatic heterocycles. The molecule has 0 aromatic carbocycles. The molecule has 15 heavy (non-hydrogen) atoms. The zero-order valence-corrected chi connectivity index (χ0v) is 8.95. The Morgan fingerprint density at radius 2 is 2.33 bits per heavy atom. The van der Waals surface area contributed by atoms with Gasteiger partial charge in [-0.15, -0.1) is 6.42 Å². The van der Waals surface area contributed by atoms with E-state index < -0.39 is 0 Å². The lowest BCUT2D eigenvalue weighted by Gasteiger charge is -2.05. The van der Waals surface area contributed by atoms with E-state index in [2.05, 4.69) is 30.1 Å². The number of hydrogen-bond donors (Lipinski definition) is 1. The molecule has 0 saturated heterocycles. The molecule has 0 saturated carbocycles. The number of aromatic nitrogens is 1. The summed E-state index contributed by atoms with van der Waals surface area (Å²) in [6.07, 6.45) is 6.61. The Kier molecular flexibility index (Phi) is 3.87. The van der Waals surface area contributed by atoms with Gasteiger partial charge in [0.2, 0.25) is 0 Å². The van der Waals surface area contributed by atoms with Crippen LogP contribution < -0.4 is 5.32 Å². The minimum atomic E-state index is -0.184. The number of nitrogens with zero attached hydrogens (tertiary/aromatic N) is 1. The van der Waals surface area contributed by atoms with Crippen LogP contribution in [0.4, 0.5) is 0 Å². The molecule has 78 valence electrons. The van der Waals surface area contributed by atoms with Crippen LogP contribution in [-0.4, -0.2) is 17.4 Å². The predicted octanol–water partition coefficient (Wildman–Crippen LogP) is 1.57. The van der Waals surface area contributed by atoms with Gasteiger partial charge in [-0.05, 0) is 18.1 Å². The van der Waals surface area contributed by atoms with Crippen molar-refractivity contribution in [3.63, 3.8) is 0 Å². The van der Waals surface area contributed by atoms with Gasteiger partial charge in [0.1, 0.15) is 0 Å². The van der Waals surface area contributed by atoms with E-state index in [1.54, 1.807) is 12.3 Å². The van der Waals surface area contributed by atoms with Crippen molar-refractivity contribution >= 4 is 5.91 Å². The lowest BCUT2D eigenvalue weighted by atomic mass is 10.1. The van der Waals surface area contributed by atoms with Gasteiger partial charge in [-0.1, -0.05) is 19.8 Å². The second-order valence-corrected chi connectivity index (χ2v) is 3.51. The van der Waals surface area contributed by atoms with Gasteiger partial charge in [-0.3, -0.25) is 9.78 Å². The second-order valence-electron chi connectivity index (χ2n) is 3.51. The van der Waals surface area contributed by atoms with Crippen LogP contribution in [0.1, 0.15) is 35.8 Å². The molecule has 3 nitrogen and oxygen atoms in total. The Balaban J connectivity index is 2.72. The Morgan fingerprint density at radius 3 is 2.80 bits per heavy atom. The summed E-state index contributed by atoms with van der Waals surface area (Å²) in [5.41, 5.74) is 1.51. The summed E-state index contributed by atoms with van der Waals surface area (Å²) in [5, 5.41) is 2.58. The molecule has 1 aromatic rings. The highest BCUT2D eigenvalue weighted by molar-refractivity contribution is 5.93. The summed E-state index contributed by atoms with van der Waals surface area (Å²) in [7, 11) is 0. The summed E-state index contributed by atoms with van der Waals surface area (Å²) in [5.74, 6) is 2.53. The van der Waals surface area contributed by atoms with Gasteiger partial charge >= 0.3 is 0 Å². The van der Waals surface area contributed by atoms with Gasteiger partial charge in [0.15, 0.2) is 0 Å². The van der Waals surface area contributed by atoms with Gasteiger partial charge in [0.05, 0.1) is 12.1 Å². The Hall–Kier alpha value is -1.82. The van der Waals surface area contributed by atoms with Crippen molar-refractivity contribution in [2.45, 2.75) is 19.8 Å². The van der Waals surface area contributed by atoms with Crippen LogP contribution in [0.25, 0.3) is 0 Å². The van der Waals surface area contributed by atoms with E-state index in [0.29, 0.717) is 11.5 Å². The maximum absolute atomic E-state index is 11.4. The molecule has 0 radical (unpaired) electrons. The van der Waals surface area contributed by atoms with E-state index in [4.69, 9.17) is 6.42 Å². The Bertz CT molecular complexity index is 374. The SMILES string of the molecule is C#CCNC(=O)c1ccc(C(C)C)nc1. The number of pyridine rings is 1. The Morgan fingerprint density at radius 1 is 1.60 bits per heavy atom. The smallest absolute Gasteiger partial charge is 0.253 e. The van der Waals surface area contributed by atoms with Crippen LogP contribution in [0.2, 0.25) is 0 Å². The van der Waals surface area contributed by atoms with Crippen LogP contribution in [0.3, 0.4) is 0 Å². The van der Waals surface area contributed by atoms with Gasteiger partial charge < -0.3 is 5.32 Å². The third-order valence-corrected chi connectivity index (χ3v) is 1.99. The third kappa shape index (κ3) is 3.10. The first-order valence-corrected chi connectivity index (χ1v) is 4.82. The third-order valence-electron chi connectivity index (χ3n) is 1.99. The highest BCUT2D eigenvalue weighted by Gasteiger charge is 2.05. The van der Waals surface area contributed by atoms with E-state index in [1.807, 2.05) is 6.07 Å². The maximum atomic E-state index is 11.4. The molecule has 0 aliphatic heterocycles. The lowest BCUT2D eigenvalue weighted by Crippen LogP contribution is -2.23. The van der Waals surface area contributed by atoms with Crippen molar-refractivity contribution in [2.24, 2.45) is 0 Å². The number of hydrogen-bond acceptors (Lipinski definition) is 2. The number of terminal acetylenes is 1. The van der Waals surface area contributed by atoms with Crippen LogP contribution in [0.15, 0.2) is 18.3 Å². The van der Waals surface area contributed by atoms with Crippen molar-refractivity contribution in [2.75, 3.05) is 6.54 Å². The minimum absolute atomic E-state index is 0.184. The van der Waals surface area contributed by atoms with Crippen LogP contribution >= 0.6 is 0 Å². The van der Waals surface area contributed by atoms with Crippen molar-refractivity contribution in [3.8, 4) is 12.3 Å². The average Bonchev–Trinajstić information content (AvgIpc) is 2.26. The quantitative estimate of drug-likeness (QED) is 0.756. The van der Waals surface area contributed by atoms with Crippen molar-refractivity contribution in [1.82, 2.24) is 10.3 Å². The van der Waals surface area contributed by atoms with E-state index >= 15 is 0 Å². The topological polar surface area (TPSA) is 42.0 Å². The molecule has 0 aliphatic carbocycles. The monoisotopic (exact) mass is 202 g/mol. The fourth-order valence-corrected chi connectivity index (χ4v) is 1.11. The Labute approximate surface area is 89.9 Å².